The Labute approximate surface area is 174 Å². The van der Waals surface area contributed by atoms with Gasteiger partial charge in [-0.3, -0.25) is 14.4 Å². The Morgan fingerprint density at radius 3 is 2.07 bits per heavy atom. The molecule has 0 aliphatic carbocycles. The molecule has 0 aromatic heterocycles. The van der Waals surface area contributed by atoms with E-state index >= 15 is 0 Å². The maximum Gasteiger partial charge on any atom is 0.303 e. The van der Waals surface area contributed by atoms with Crippen molar-refractivity contribution in [2.24, 2.45) is 10.8 Å². The van der Waals surface area contributed by atoms with Crippen LogP contribution in [0.15, 0.2) is 0 Å². The van der Waals surface area contributed by atoms with Gasteiger partial charge in [0.15, 0.2) is 0 Å². The van der Waals surface area contributed by atoms with Crippen LogP contribution in [0.25, 0.3) is 0 Å². The Hall–Kier alpha value is -1.28. The molecule has 0 heterocycles. The van der Waals surface area contributed by atoms with Gasteiger partial charge in [-0.15, -0.1) is 0 Å². The summed E-state index contributed by atoms with van der Waals surface area (Å²) >= 11 is 1.70. The van der Waals surface area contributed by atoms with Gasteiger partial charge in [0.1, 0.15) is 0 Å². The number of aliphatic carboxylic acids is 1. The second-order valence-electron chi connectivity index (χ2n) is 9.46. The first kappa shape index (κ1) is 26.7. The van der Waals surface area contributed by atoms with Crippen LogP contribution < -0.4 is 16.0 Å². The third-order valence-corrected chi connectivity index (χ3v) is 5.17. The van der Waals surface area contributed by atoms with E-state index in [1.54, 1.807) is 11.8 Å². The Balaban J connectivity index is 4.35. The summed E-state index contributed by atoms with van der Waals surface area (Å²) in [5.74, 6) is 0.562. The van der Waals surface area contributed by atoms with E-state index in [0.717, 1.165) is 5.75 Å². The lowest BCUT2D eigenvalue weighted by Gasteiger charge is -2.22. The van der Waals surface area contributed by atoms with Gasteiger partial charge in [0, 0.05) is 31.7 Å². The first-order chi connectivity index (χ1) is 12.8. The Bertz CT molecular complexity index is 499. The zero-order valence-corrected chi connectivity index (χ0v) is 19.1. The second-order valence-corrected chi connectivity index (χ2v) is 10.5. The Morgan fingerprint density at radius 2 is 1.54 bits per heavy atom. The predicted molar refractivity (Wildman–Crippen MR) is 116 cm³/mol. The number of hydrogen-bond donors (Lipinski definition) is 4. The van der Waals surface area contributed by atoms with Crippen molar-refractivity contribution in [3.63, 3.8) is 0 Å². The highest BCUT2D eigenvalue weighted by Gasteiger charge is 2.20. The van der Waals surface area contributed by atoms with Gasteiger partial charge in [0.2, 0.25) is 11.8 Å². The van der Waals surface area contributed by atoms with Crippen LogP contribution in [-0.2, 0) is 14.4 Å². The third-order valence-electron chi connectivity index (χ3n) is 3.53. The van der Waals surface area contributed by atoms with Crippen molar-refractivity contribution in [1.29, 1.82) is 0 Å². The third kappa shape index (κ3) is 16.9. The first-order valence-corrected chi connectivity index (χ1v) is 11.0. The average molecular weight is 418 g/mol. The van der Waals surface area contributed by atoms with Crippen LogP contribution in [0.1, 0.15) is 60.8 Å². The lowest BCUT2D eigenvalue weighted by Crippen LogP contribution is -2.48. The zero-order valence-electron chi connectivity index (χ0n) is 18.3. The summed E-state index contributed by atoms with van der Waals surface area (Å²) in [6.45, 7) is 13.7. The zero-order chi connectivity index (χ0) is 21.8. The molecule has 28 heavy (non-hydrogen) atoms. The summed E-state index contributed by atoms with van der Waals surface area (Å²) < 4.78 is 0. The maximum atomic E-state index is 12.5. The number of carboxylic acids is 1. The number of carboxylic acid groups (broad SMARTS) is 1. The molecule has 0 fully saturated rings. The van der Waals surface area contributed by atoms with E-state index in [1.807, 2.05) is 20.8 Å². The van der Waals surface area contributed by atoms with E-state index in [2.05, 4.69) is 36.7 Å². The fourth-order valence-electron chi connectivity index (χ4n) is 2.28. The monoisotopic (exact) mass is 417 g/mol. The number of rotatable bonds is 13. The molecule has 0 unspecified atom stereocenters. The average Bonchev–Trinajstić information content (AvgIpc) is 2.50. The van der Waals surface area contributed by atoms with Crippen molar-refractivity contribution < 1.29 is 19.5 Å². The van der Waals surface area contributed by atoms with Crippen molar-refractivity contribution >= 4 is 29.5 Å². The second kappa shape index (κ2) is 13.0. The maximum absolute atomic E-state index is 12.5. The number of thioether (sulfide) groups is 1. The van der Waals surface area contributed by atoms with E-state index < -0.39 is 5.97 Å². The molecule has 0 radical (unpaired) electrons. The molecule has 0 aliphatic rings. The molecular weight excluding hydrogens is 378 g/mol. The largest absolute Gasteiger partial charge is 0.481 e. The van der Waals surface area contributed by atoms with Crippen LogP contribution in [0.5, 0.6) is 0 Å². The molecule has 0 aromatic carbocycles. The van der Waals surface area contributed by atoms with Crippen molar-refractivity contribution in [3.8, 4) is 0 Å². The van der Waals surface area contributed by atoms with Gasteiger partial charge >= 0.3 is 5.97 Å². The minimum Gasteiger partial charge on any atom is -0.481 e. The molecular formula is C20H39N3O4S. The predicted octanol–water partition coefficient (Wildman–Crippen LogP) is 2.26. The van der Waals surface area contributed by atoms with Crippen LogP contribution >= 0.6 is 11.8 Å². The minimum atomic E-state index is -0.837. The normalized spacial score (nSPS) is 13.1. The van der Waals surface area contributed by atoms with E-state index in [4.69, 9.17) is 5.11 Å². The smallest absolute Gasteiger partial charge is 0.303 e. The van der Waals surface area contributed by atoms with Crippen molar-refractivity contribution in [1.82, 2.24) is 16.0 Å². The standard InChI is InChI=1S/C20H39N3O4S/c1-19(2,3)12-16(24)22-10-11-23-18(27)15(13-28-14-20(4,5)6)21-9-7-8-17(25)26/h15,21H,7-14H2,1-6H3,(H,22,24)(H,23,27)(H,25,26)/t15-/m0/s1. The van der Waals surface area contributed by atoms with E-state index in [1.165, 1.54) is 0 Å². The molecule has 0 saturated heterocycles. The molecule has 0 bridgehead atoms. The highest BCUT2D eigenvalue weighted by Crippen LogP contribution is 2.21. The summed E-state index contributed by atoms with van der Waals surface area (Å²) in [5, 5.41) is 17.6. The van der Waals surface area contributed by atoms with E-state index in [-0.39, 0.29) is 35.1 Å². The lowest BCUT2D eigenvalue weighted by atomic mass is 9.92. The van der Waals surface area contributed by atoms with Crippen molar-refractivity contribution in [3.05, 3.63) is 0 Å². The summed E-state index contributed by atoms with van der Waals surface area (Å²) in [5.41, 5.74) is 0.106. The van der Waals surface area contributed by atoms with Crippen molar-refractivity contribution in [2.45, 2.75) is 66.8 Å². The molecule has 8 heteroatoms. The summed E-state index contributed by atoms with van der Waals surface area (Å²) in [6, 6.07) is -0.383. The quantitative estimate of drug-likeness (QED) is 0.342. The van der Waals surface area contributed by atoms with Crippen LogP contribution in [0.2, 0.25) is 0 Å². The fraction of sp³-hybridized carbons (Fsp3) is 0.850. The fourth-order valence-corrected chi connectivity index (χ4v) is 3.52. The van der Waals surface area contributed by atoms with Gasteiger partial charge in [0.25, 0.3) is 0 Å². The lowest BCUT2D eigenvalue weighted by molar-refractivity contribution is -0.137. The van der Waals surface area contributed by atoms with Crippen LogP contribution in [0, 0.1) is 10.8 Å². The summed E-state index contributed by atoms with van der Waals surface area (Å²) in [4.78, 5) is 34.9. The number of carbonyl (C=O) groups excluding carboxylic acids is 2. The molecule has 2 amide bonds. The van der Waals surface area contributed by atoms with Gasteiger partial charge in [-0.1, -0.05) is 41.5 Å². The molecule has 4 N–H and O–H groups in total. The first-order valence-electron chi connectivity index (χ1n) is 9.87. The molecule has 0 rings (SSSR count). The van der Waals surface area contributed by atoms with Gasteiger partial charge in [-0.2, -0.15) is 11.8 Å². The van der Waals surface area contributed by atoms with E-state index in [0.29, 0.717) is 38.2 Å². The Morgan fingerprint density at radius 1 is 0.929 bits per heavy atom. The molecule has 0 aromatic rings. The summed E-state index contributed by atoms with van der Waals surface area (Å²) in [6.07, 6.45) is 1.00. The number of carbonyl (C=O) groups is 3. The number of hydrogen-bond acceptors (Lipinski definition) is 5. The van der Waals surface area contributed by atoms with Gasteiger partial charge < -0.3 is 21.1 Å². The van der Waals surface area contributed by atoms with Gasteiger partial charge in [-0.05, 0) is 29.5 Å². The highest BCUT2D eigenvalue weighted by atomic mass is 32.2. The molecule has 0 saturated carbocycles. The molecule has 1 atom stereocenters. The topological polar surface area (TPSA) is 108 Å². The summed E-state index contributed by atoms with van der Waals surface area (Å²) in [7, 11) is 0. The van der Waals surface area contributed by atoms with Gasteiger partial charge in [-0.25, -0.2) is 0 Å². The number of nitrogens with one attached hydrogen (secondary N) is 3. The molecule has 164 valence electrons. The van der Waals surface area contributed by atoms with Crippen LogP contribution in [0.3, 0.4) is 0 Å². The van der Waals surface area contributed by atoms with Crippen LogP contribution in [0.4, 0.5) is 0 Å². The van der Waals surface area contributed by atoms with E-state index in [9.17, 15) is 14.4 Å². The molecule has 7 nitrogen and oxygen atoms in total. The number of amides is 2. The minimum absolute atomic E-state index is 0.0224. The van der Waals surface area contributed by atoms with Gasteiger partial charge in [0.05, 0.1) is 6.04 Å². The highest BCUT2D eigenvalue weighted by molar-refractivity contribution is 7.99. The Kier molecular flexibility index (Phi) is 12.4. The molecule has 0 aliphatic heterocycles. The molecule has 0 spiro atoms. The van der Waals surface area contributed by atoms with Crippen LogP contribution in [-0.4, -0.2) is 60.1 Å². The van der Waals surface area contributed by atoms with Crippen molar-refractivity contribution in [2.75, 3.05) is 31.1 Å². The SMILES string of the molecule is CC(C)(C)CSC[C@H](NCCCC(=O)O)C(=O)NCCNC(=O)CC(C)(C)C.